The van der Waals surface area contributed by atoms with E-state index in [1.54, 1.807) is 27.2 Å². The Balaban J connectivity index is 1.85. The number of phenolic OH excluding ortho intramolecular Hbond substituents is 1. The van der Waals surface area contributed by atoms with E-state index in [1.165, 1.54) is 6.07 Å². The van der Waals surface area contributed by atoms with Gasteiger partial charge in [0.15, 0.2) is 0 Å². The van der Waals surface area contributed by atoms with E-state index < -0.39 is 40.7 Å². The predicted octanol–water partition coefficient (Wildman–Crippen LogP) is 4.47. The highest BCUT2D eigenvalue weighted by Gasteiger charge is 2.73. The molecule has 0 aromatic heterocycles. The average molecular weight is 687 g/mol. The molecular formula is C30H41Br2NO7. The second kappa shape index (κ2) is 11.4. The second-order valence-corrected chi connectivity index (χ2v) is 14.2. The molecule has 4 N–H and O–H groups in total. The van der Waals surface area contributed by atoms with Gasteiger partial charge in [-0.2, -0.15) is 0 Å². The molecule has 1 aromatic carbocycles. The number of phenols is 1. The van der Waals surface area contributed by atoms with Crippen molar-refractivity contribution >= 4 is 37.8 Å². The van der Waals surface area contributed by atoms with Gasteiger partial charge in [0.1, 0.15) is 23.0 Å². The standard InChI is InChI=1S/C30H41Br2NO7/c1-8-33-22-13-23(40-27(35)19-11-18(31)12-21(32)25(19)34)20-9-15(2)29(5,36)30(37)24(28(20,4)16(22)3)10-17(14-38-6)26(30)39-7/h1,11-12,15-17,20,22-24,26,33-34,36-37H,9-10,13-14H2,2-7H3/t15-,16?,17-,20?,22?,23+,24?,26+,28-,29+,30+/m1/s1. The van der Waals surface area contributed by atoms with Crippen LogP contribution in [0, 0.1) is 47.5 Å². The smallest absolute Gasteiger partial charge is 0.342 e. The molecule has 4 rings (SSSR count). The molecule has 0 amide bonds. The first-order chi connectivity index (χ1) is 18.7. The third-order valence-corrected chi connectivity index (χ3v) is 11.9. The van der Waals surface area contributed by atoms with Gasteiger partial charge in [-0.3, -0.25) is 0 Å². The molecule has 10 heteroatoms. The van der Waals surface area contributed by atoms with Gasteiger partial charge in [-0.15, -0.1) is 0 Å². The summed E-state index contributed by atoms with van der Waals surface area (Å²) in [5.74, 6) is -2.05. The van der Waals surface area contributed by atoms with Crippen molar-refractivity contribution in [2.45, 2.75) is 76.4 Å². The number of esters is 1. The van der Waals surface area contributed by atoms with Crippen molar-refractivity contribution in [2.75, 3.05) is 20.8 Å². The van der Waals surface area contributed by atoms with Crippen LogP contribution in [-0.2, 0) is 14.2 Å². The van der Waals surface area contributed by atoms with Crippen molar-refractivity contribution in [3.05, 3.63) is 26.6 Å². The van der Waals surface area contributed by atoms with Crippen LogP contribution in [0.2, 0.25) is 0 Å². The number of halogens is 2. The largest absolute Gasteiger partial charge is 0.506 e. The van der Waals surface area contributed by atoms with Crippen LogP contribution >= 0.6 is 31.9 Å². The van der Waals surface area contributed by atoms with Crippen LogP contribution < -0.4 is 5.32 Å². The molecule has 0 saturated heterocycles. The Labute approximate surface area is 253 Å². The zero-order valence-electron chi connectivity index (χ0n) is 23.9. The number of fused-ring (bicyclic) bond motifs is 3. The molecule has 4 unspecified atom stereocenters. The van der Waals surface area contributed by atoms with Crippen molar-refractivity contribution in [2.24, 2.45) is 35.0 Å². The van der Waals surface area contributed by atoms with Gasteiger partial charge in [-0.25, -0.2) is 4.79 Å². The number of rotatable bonds is 6. The Morgan fingerprint density at radius 3 is 2.45 bits per heavy atom. The van der Waals surface area contributed by atoms with E-state index in [0.717, 1.165) is 0 Å². The molecule has 3 aliphatic carbocycles. The van der Waals surface area contributed by atoms with Crippen LogP contribution in [0.3, 0.4) is 0 Å². The maximum atomic E-state index is 13.6. The van der Waals surface area contributed by atoms with E-state index in [0.29, 0.717) is 34.8 Å². The topological polar surface area (TPSA) is 117 Å². The highest BCUT2D eigenvalue weighted by Crippen LogP contribution is 2.66. The monoisotopic (exact) mass is 685 g/mol. The summed E-state index contributed by atoms with van der Waals surface area (Å²) in [6, 6.07) is 5.52. The lowest BCUT2D eigenvalue weighted by molar-refractivity contribution is -0.244. The SMILES string of the molecule is C#CNC1C[C@H](OC(=O)c2cc(Br)cc(Br)c2O)C2C[C@@H](C)[C@](C)(O)[C@]3(O)C(C[C@H](COC)[C@@H]3OC)[C@]2(C)C1C. The first kappa shape index (κ1) is 31.6. The van der Waals surface area contributed by atoms with E-state index in [1.807, 2.05) is 6.92 Å². The Morgan fingerprint density at radius 1 is 1.18 bits per heavy atom. The molecule has 8 nitrogen and oxygen atoms in total. The lowest BCUT2D eigenvalue weighted by atomic mass is 9.51. The fourth-order valence-electron chi connectivity index (χ4n) is 8.39. The summed E-state index contributed by atoms with van der Waals surface area (Å²) < 4.78 is 18.7. The van der Waals surface area contributed by atoms with Crippen molar-refractivity contribution in [3.8, 4) is 18.2 Å². The number of benzene rings is 1. The maximum Gasteiger partial charge on any atom is 0.342 e. The van der Waals surface area contributed by atoms with Gasteiger partial charge < -0.3 is 34.8 Å². The Hall–Kier alpha value is -1.35. The number of methoxy groups -OCH3 is 2. The minimum Gasteiger partial charge on any atom is -0.506 e. The minimum atomic E-state index is -1.60. The predicted molar refractivity (Wildman–Crippen MR) is 157 cm³/mol. The van der Waals surface area contributed by atoms with Crippen molar-refractivity contribution < 1.29 is 34.3 Å². The fourth-order valence-corrected chi connectivity index (χ4v) is 9.62. The van der Waals surface area contributed by atoms with E-state index >= 15 is 0 Å². The van der Waals surface area contributed by atoms with Crippen molar-refractivity contribution in [3.63, 3.8) is 0 Å². The van der Waals surface area contributed by atoms with Crippen LogP contribution in [0.15, 0.2) is 21.1 Å². The van der Waals surface area contributed by atoms with E-state index in [9.17, 15) is 20.1 Å². The molecule has 1 aromatic rings. The minimum absolute atomic E-state index is 0.0358. The maximum absolute atomic E-state index is 13.6. The molecule has 0 spiro atoms. The van der Waals surface area contributed by atoms with Gasteiger partial charge in [0.2, 0.25) is 0 Å². The number of carbonyl (C=O) groups excluding carboxylic acids is 1. The number of hydrogen-bond donors (Lipinski definition) is 4. The van der Waals surface area contributed by atoms with Crippen molar-refractivity contribution in [1.82, 2.24) is 5.32 Å². The second-order valence-electron chi connectivity index (χ2n) is 12.4. The van der Waals surface area contributed by atoms with Crippen LogP contribution in [0.25, 0.3) is 0 Å². The summed E-state index contributed by atoms with van der Waals surface area (Å²) in [6.07, 6.45) is 5.98. The number of hydrogen-bond acceptors (Lipinski definition) is 8. The summed E-state index contributed by atoms with van der Waals surface area (Å²) in [5.41, 5.74) is -3.69. The summed E-state index contributed by atoms with van der Waals surface area (Å²) in [5, 5.41) is 38.6. The molecule has 3 saturated carbocycles. The normalized spacial score (nSPS) is 42.7. The van der Waals surface area contributed by atoms with Crippen LogP contribution in [0.4, 0.5) is 0 Å². The summed E-state index contributed by atoms with van der Waals surface area (Å²) in [7, 11) is 3.19. The van der Waals surface area contributed by atoms with E-state index in [-0.39, 0.29) is 41.0 Å². The molecule has 11 atom stereocenters. The zero-order valence-corrected chi connectivity index (χ0v) is 27.1. The fraction of sp³-hybridized carbons (Fsp3) is 0.700. The summed E-state index contributed by atoms with van der Waals surface area (Å²) >= 11 is 6.67. The van der Waals surface area contributed by atoms with Gasteiger partial charge in [0, 0.05) is 49.0 Å². The van der Waals surface area contributed by atoms with Crippen LogP contribution in [-0.4, -0.2) is 71.6 Å². The van der Waals surface area contributed by atoms with Gasteiger partial charge in [-0.05, 0) is 71.0 Å². The quantitative estimate of drug-likeness (QED) is 0.197. The first-order valence-corrected chi connectivity index (χ1v) is 15.3. The highest BCUT2D eigenvalue weighted by molar-refractivity contribution is 9.11. The number of terminal acetylenes is 1. The van der Waals surface area contributed by atoms with Gasteiger partial charge in [0.05, 0.1) is 22.8 Å². The molecular weight excluding hydrogens is 646 g/mol. The third-order valence-electron chi connectivity index (χ3n) is 10.8. The molecule has 3 aliphatic rings. The van der Waals surface area contributed by atoms with E-state index in [2.05, 4.69) is 57.1 Å². The summed E-state index contributed by atoms with van der Waals surface area (Å²) in [6.45, 7) is 8.26. The number of carbonyl (C=O) groups is 1. The Bertz CT molecular complexity index is 1170. The lowest BCUT2D eigenvalue weighted by Gasteiger charge is -2.57. The zero-order chi connectivity index (χ0) is 29.8. The van der Waals surface area contributed by atoms with Gasteiger partial charge >= 0.3 is 5.97 Å². The molecule has 0 aliphatic heterocycles. The van der Waals surface area contributed by atoms with Crippen LogP contribution in [0.1, 0.15) is 57.3 Å². The van der Waals surface area contributed by atoms with Gasteiger partial charge in [0.25, 0.3) is 0 Å². The van der Waals surface area contributed by atoms with Gasteiger partial charge in [-0.1, -0.05) is 43.1 Å². The molecule has 0 heterocycles. The number of nitrogens with one attached hydrogen (secondary N) is 1. The van der Waals surface area contributed by atoms with E-state index in [4.69, 9.17) is 20.6 Å². The number of aromatic hydroxyl groups is 1. The number of ether oxygens (including phenoxy) is 3. The molecule has 40 heavy (non-hydrogen) atoms. The van der Waals surface area contributed by atoms with Crippen LogP contribution in [0.5, 0.6) is 5.75 Å². The highest BCUT2D eigenvalue weighted by atomic mass is 79.9. The Kier molecular flexibility index (Phi) is 8.99. The van der Waals surface area contributed by atoms with Crippen molar-refractivity contribution in [1.29, 1.82) is 0 Å². The number of aliphatic hydroxyl groups is 2. The average Bonchev–Trinajstić information content (AvgIpc) is 3.17. The molecule has 222 valence electrons. The molecule has 3 fully saturated rings. The lowest BCUT2D eigenvalue weighted by Crippen LogP contribution is -2.67. The molecule has 0 bridgehead atoms. The Morgan fingerprint density at radius 2 is 1.85 bits per heavy atom. The molecule has 0 radical (unpaired) electrons. The third kappa shape index (κ3) is 4.69. The summed E-state index contributed by atoms with van der Waals surface area (Å²) in [4.78, 5) is 13.6. The first-order valence-electron chi connectivity index (χ1n) is 13.8.